The Bertz CT molecular complexity index is 3670. The van der Waals surface area contributed by atoms with E-state index in [1.807, 2.05) is 0 Å². The zero-order chi connectivity index (χ0) is 43.8. The van der Waals surface area contributed by atoms with Gasteiger partial charge in [-0.3, -0.25) is 0 Å². The van der Waals surface area contributed by atoms with E-state index in [1.54, 1.807) is 11.1 Å². The average Bonchev–Trinajstić information content (AvgIpc) is 3.88. The number of hydrogen-bond acceptors (Lipinski definition) is 0. The van der Waals surface area contributed by atoms with E-state index in [1.165, 1.54) is 137 Å². The third kappa shape index (κ3) is 5.32. The quantitative estimate of drug-likeness (QED) is 0.152. The molecule has 0 radical (unpaired) electrons. The van der Waals surface area contributed by atoms with Crippen LogP contribution in [0.5, 0.6) is 0 Å². The zero-order valence-corrected chi connectivity index (χ0v) is 37.5. The first kappa shape index (κ1) is 37.7. The largest absolute Gasteiger partial charge is 0.309 e. The Labute approximate surface area is 392 Å². The lowest BCUT2D eigenvalue weighted by Gasteiger charge is -2.61. The SMILES string of the molecule is c1ccc(-c2cc(-c3c4ccccc4c(-c4ccc(-n5c6ccccc6c6ccccc65)cc4)c4ccccc34)ccc2-c2ccc3c(c2)-c2ccccc2C32C3CC4CC(C3)CC2C4)cc1. The van der Waals surface area contributed by atoms with Gasteiger partial charge in [0.1, 0.15) is 0 Å². The van der Waals surface area contributed by atoms with E-state index < -0.39 is 0 Å². The van der Waals surface area contributed by atoms with Gasteiger partial charge >= 0.3 is 0 Å². The van der Waals surface area contributed by atoms with Gasteiger partial charge in [-0.2, -0.15) is 0 Å². The summed E-state index contributed by atoms with van der Waals surface area (Å²) >= 11 is 0. The minimum atomic E-state index is 0.173. The highest BCUT2D eigenvalue weighted by atomic mass is 15.0. The molecule has 1 spiro atoms. The number of para-hydroxylation sites is 2. The molecule has 1 nitrogen and oxygen atoms in total. The molecule has 11 aromatic rings. The molecule has 0 unspecified atom stereocenters. The highest BCUT2D eigenvalue weighted by Crippen LogP contribution is 2.69. The number of benzene rings is 10. The van der Waals surface area contributed by atoms with E-state index in [9.17, 15) is 0 Å². The monoisotopic (exact) mass is 855 g/mol. The third-order valence-corrected chi connectivity index (χ3v) is 17.2. The molecule has 5 aliphatic carbocycles. The average molecular weight is 856 g/mol. The predicted molar refractivity (Wildman–Crippen MR) is 281 cm³/mol. The zero-order valence-electron chi connectivity index (χ0n) is 37.5. The molecule has 4 saturated carbocycles. The molecular formula is C66H49N. The van der Waals surface area contributed by atoms with Gasteiger partial charge in [0, 0.05) is 21.9 Å². The van der Waals surface area contributed by atoms with Gasteiger partial charge in [-0.15, -0.1) is 0 Å². The molecule has 1 heterocycles. The van der Waals surface area contributed by atoms with Crippen LogP contribution in [0.25, 0.3) is 105 Å². The van der Waals surface area contributed by atoms with Crippen LogP contribution in [0, 0.1) is 23.7 Å². The lowest BCUT2D eigenvalue weighted by atomic mass is 9.43. The molecule has 4 bridgehead atoms. The molecule has 4 fully saturated rings. The van der Waals surface area contributed by atoms with Crippen molar-refractivity contribution in [3.63, 3.8) is 0 Å². The van der Waals surface area contributed by atoms with Crippen molar-refractivity contribution in [1.82, 2.24) is 4.57 Å². The second-order valence-electron chi connectivity index (χ2n) is 20.4. The molecule has 10 aromatic carbocycles. The minimum Gasteiger partial charge on any atom is -0.309 e. The Morgan fingerprint density at radius 1 is 0.313 bits per heavy atom. The molecule has 0 atom stereocenters. The Balaban J connectivity index is 0.886. The summed E-state index contributed by atoms with van der Waals surface area (Å²) < 4.78 is 2.41. The van der Waals surface area contributed by atoms with Crippen molar-refractivity contribution in [1.29, 1.82) is 0 Å². The van der Waals surface area contributed by atoms with Gasteiger partial charge in [0.15, 0.2) is 0 Å². The number of rotatable bonds is 5. The number of hydrogen-bond donors (Lipinski definition) is 0. The fraction of sp³-hybridized carbons (Fsp3) is 0.152. The summed E-state index contributed by atoms with van der Waals surface area (Å²) in [5.74, 6) is 3.40. The molecule has 0 amide bonds. The summed E-state index contributed by atoms with van der Waals surface area (Å²) in [7, 11) is 0. The smallest absolute Gasteiger partial charge is 0.0541 e. The predicted octanol–water partition coefficient (Wildman–Crippen LogP) is 17.5. The van der Waals surface area contributed by atoms with Crippen molar-refractivity contribution in [2.75, 3.05) is 0 Å². The Hall–Kier alpha value is -7.48. The molecule has 1 heteroatoms. The lowest BCUT2D eigenvalue weighted by Crippen LogP contribution is -2.55. The van der Waals surface area contributed by atoms with Crippen LogP contribution in [-0.4, -0.2) is 4.57 Å². The molecule has 0 N–H and O–H groups in total. The van der Waals surface area contributed by atoms with Crippen molar-refractivity contribution >= 4 is 43.4 Å². The van der Waals surface area contributed by atoms with Gasteiger partial charge in [0.2, 0.25) is 0 Å². The Morgan fingerprint density at radius 2 is 0.791 bits per heavy atom. The van der Waals surface area contributed by atoms with Gasteiger partial charge in [0.05, 0.1) is 11.0 Å². The second-order valence-corrected chi connectivity index (χ2v) is 20.4. The van der Waals surface area contributed by atoms with Gasteiger partial charge in [-0.25, -0.2) is 0 Å². The molecule has 67 heavy (non-hydrogen) atoms. The summed E-state index contributed by atoms with van der Waals surface area (Å²) in [5.41, 5.74) is 20.1. The molecule has 1 aromatic heterocycles. The third-order valence-electron chi connectivity index (χ3n) is 17.2. The first-order chi connectivity index (χ1) is 33.2. The first-order valence-electron chi connectivity index (χ1n) is 24.7. The van der Waals surface area contributed by atoms with E-state index in [4.69, 9.17) is 0 Å². The Morgan fingerprint density at radius 3 is 1.42 bits per heavy atom. The van der Waals surface area contributed by atoms with Gasteiger partial charge in [0.25, 0.3) is 0 Å². The van der Waals surface area contributed by atoms with Crippen LogP contribution in [0.3, 0.4) is 0 Å². The highest BCUT2D eigenvalue weighted by molar-refractivity contribution is 6.21. The summed E-state index contributed by atoms with van der Waals surface area (Å²) in [4.78, 5) is 0. The van der Waals surface area contributed by atoms with Crippen molar-refractivity contribution in [3.05, 3.63) is 223 Å². The fourth-order valence-corrected chi connectivity index (χ4v) is 14.9. The van der Waals surface area contributed by atoms with Crippen LogP contribution in [0.2, 0.25) is 0 Å². The van der Waals surface area contributed by atoms with Crippen LogP contribution in [0.15, 0.2) is 212 Å². The fourth-order valence-electron chi connectivity index (χ4n) is 14.9. The minimum absolute atomic E-state index is 0.173. The number of fused-ring (bicyclic) bond motifs is 8. The van der Waals surface area contributed by atoms with Gasteiger partial charge in [-0.1, -0.05) is 176 Å². The van der Waals surface area contributed by atoms with E-state index in [0.717, 1.165) is 23.7 Å². The summed E-state index contributed by atoms with van der Waals surface area (Å²) in [5, 5.41) is 7.63. The van der Waals surface area contributed by atoms with Crippen LogP contribution in [0.1, 0.15) is 43.2 Å². The van der Waals surface area contributed by atoms with E-state index in [0.29, 0.717) is 0 Å². The Kier molecular flexibility index (Phi) is 8.03. The first-order valence-corrected chi connectivity index (χ1v) is 24.7. The molecule has 0 saturated heterocycles. The molecular weight excluding hydrogens is 807 g/mol. The van der Waals surface area contributed by atoms with Crippen LogP contribution in [0.4, 0.5) is 0 Å². The second kappa shape index (κ2) is 14.3. The summed E-state index contributed by atoms with van der Waals surface area (Å²) in [6, 6.07) is 80.5. The van der Waals surface area contributed by atoms with Gasteiger partial charge in [-0.05, 0) is 180 Å². The van der Waals surface area contributed by atoms with Crippen molar-refractivity contribution in [3.8, 4) is 61.3 Å². The molecule has 318 valence electrons. The molecule has 0 aliphatic heterocycles. The summed E-state index contributed by atoms with van der Waals surface area (Å²) in [6.07, 6.45) is 7.10. The standard InChI is InChI=1S/C66H49N/c1-2-14-43(15-3-1)58-40-46(28-32-50(58)45-29-33-61-59(39-45)51-16-8-11-23-60(51)66(61)47-35-41-34-42(37-47)38-48(66)36-41)65-56-21-6-4-19-54(56)64(55-20-5-7-22-57(55)65)44-26-30-49(31-27-44)67-62-24-12-9-17-52(62)53-18-10-13-25-63(53)67/h1-33,39-42,47-48H,34-38H2. The maximum absolute atomic E-state index is 2.57. The maximum atomic E-state index is 2.57. The van der Waals surface area contributed by atoms with Crippen molar-refractivity contribution < 1.29 is 0 Å². The topological polar surface area (TPSA) is 4.93 Å². The van der Waals surface area contributed by atoms with E-state index in [2.05, 4.69) is 217 Å². The van der Waals surface area contributed by atoms with E-state index in [-0.39, 0.29) is 5.41 Å². The maximum Gasteiger partial charge on any atom is 0.0541 e. The number of nitrogens with zero attached hydrogens (tertiary/aromatic N) is 1. The highest BCUT2D eigenvalue weighted by Gasteiger charge is 2.61. The molecule has 5 aliphatic rings. The normalized spacial score (nSPS) is 21.2. The molecule has 16 rings (SSSR count). The lowest BCUT2D eigenvalue weighted by molar-refractivity contribution is -0.0399. The summed E-state index contributed by atoms with van der Waals surface area (Å²) in [6.45, 7) is 0. The van der Waals surface area contributed by atoms with Crippen LogP contribution >= 0.6 is 0 Å². The number of aromatic nitrogens is 1. The van der Waals surface area contributed by atoms with Gasteiger partial charge < -0.3 is 4.57 Å². The van der Waals surface area contributed by atoms with Crippen LogP contribution < -0.4 is 0 Å². The van der Waals surface area contributed by atoms with Crippen molar-refractivity contribution in [2.24, 2.45) is 23.7 Å². The van der Waals surface area contributed by atoms with E-state index >= 15 is 0 Å². The van der Waals surface area contributed by atoms with Crippen LogP contribution in [-0.2, 0) is 5.41 Å². The van der Waals surface area contributed by atoms with Crippen molar-refractivity contribution in [2.45, 2.75) is 37.5 Å².